The summed E-state index contributed by atoms with van der Waals surface area (Å²) in [6, 6.07) is 0. The second-order valence-corrected chi connectivity index (χ2v) is 2.08. The number of hydrogen-bond donors (Lipinski definition) is 0. The van der Waals surface area contributed by atoms with E-state index in [1.807, 2.05) is 6.92 Å². The van der Waals surface area contributed by atoms with Crippen LogP contribution < -0.4 is 0 Å². The van der Waals surface area contributed by atoms with E-state index >= 15 is 0 Å². The topological polar surface area (TPSA) is 17.1 Å². The molecule has 0 fully saturated rings. The molecule has 0 aliphatic rings. The van der Waals surface area contributed by atoms with Crippen LogP contribution in [0.4, 0.5) is 0 Å². The van der Waals surface area contributed by atoms with Crippen molar-refractivity contribution in [1.82, 2.24) is 0 Å². The van der Waals surface area contributed by atoms with Crippen LogP contribution in [-0.2, 0) is 4.79 Å². The quantitative estimate of drug-likeness (QED) is 0.446. The molecule has 6 heavy (non-hydrogen) atoms. The van der Waals surface area contributed by atoms with Crippen LogP contribution in [-0.4, -0.2) is 15.6 Å². The lowest BCUT2D eigenvalue weighted by molar-refractivity contribution is -0.111. The summed E-state index contributed by atoms with van der Waals surface area (Å²) in [5.41, 5.74) is 0. The van der Waals surface area contributed by atoms with Gasteiger partial charge in [0.1, 0.15) is 5.41 Å². The smallest absolute Gasteiger partial charge is 0.101 e. The van der Waals surface area contributed by atoms with Crippen molar-refractivity contribution >= 4 is 15.6 Å². The van der Waals surface area contributed by atoms with Crippen molar-refractivity contribution < 1.29 is 4.79 Å². The molecule has 0 N–H and O–H groups in total. The molecule has 0 aromatic rings. The highest BCUT2D eigenvalue weighted by Gasteiger charge is 1.83. The van der Waals surface area contributed by atoms with Gasteiger partial charge in [0.25, 0.3) is 0 Å². The molecule has 0 heterocycles. The van der Waals surface area contributed by atoms with E-state index in [9.17, 15) is 4.79 Å². The first-order valence-electron chi connectivity index (χ1n) is 2.12. The van der Waals surface area contributed by atoms with Gasteiger partial charge in [0.15, 0.2) is 0 Å². The highest BCUT2D eigenvalue weighted by atomic mass is 28.1. The van der Waals surface area contributed by atoms with Gasteiger partial charge >= 0.3 is 0 Å². The minimum atomic E-state index is 0.317. The lowest BCUT2D eigenvalue weighted by atomic mass is 10.4. The Morgan fingerprint density at radius 2 is 2.33 bits per heavy atom. The molecule has 0 rings (SSSR count). The Bertz CT molecular complexity index is 51.5. The van der Waals surface area contributed by atoms with E-state index in [-0.39, 0.29) is 0 Å². The lowest BCUT2D eigenvalue weighted by Crippen LogP contribution is -1.91. The molecule has 0 amide bonds. The van der Waals surface area contributed by atoms with Gasteiger partial charge in [-0.1, -0.05) is 6.92 Å². The summed E-state index contributed by atoms with van der Waals surface area (Å²) in [6.45, 7) is 2.01. The van der Waals surface area contributed by atoms with Gasteiger partial charge in [0.2, 0.25) is 0 Å². The summed E-state index contributed by atoms with van der Waals surface area (Å²) in [4.78, 5) is 10.1. The summed E-state index contributed by atoms with van der Waals surface area (Å²) < 4.78 is 0. The molecule has 0 bridgehead atoms. The number of carbonyl (C=O) groups is 1. The number of rotatable bonds is 2. The zero-order valence-corrected chi connectivity index (χ0v) is 5.44. The van der Waals surface area contributed by atoms with Crippen molar-refractivity contribution in [3.63, 3.8) is 0 Å². The highest BCUT2D eigenvalue weighted by Crippen LogP contribution is 1.81. The third-order valence-electron chi connectivity index (χ3n) is 0.529. The first-order chi connectivity index (χ1) is 2.77. The minimum absolute atomic E-state index is 0.317. The Hall–Kier alpha value is -0.113. The van der Waals surface area contributed by atoms with Gasteiger partial charge < -0.3 is 4.79 Å². The molecule has 0 spiro atoms. The van der Waals surface area contributed by atoms with Crippen LogP contribution >= 0.6 is 0 Å². The molecule has 35 valence electrons. The molecule has 1 nitrogen and oxygen atoms in total. The normalized spacial score (nSPS) is 8.33. The first kappa shape index (κ1) is 5.89. The number of carbonyl (C=O) groups excluding carboxylic acids is 1. The Labute approximate surface area is 41.2 Å². The van der Waals surface area contributed by atoms with Crippen molar-refractivity contribution in [3.05, 3.63) is 0 Å². The van der Waals surface area contributed by atoms with Crippen molar-refractivity contribution in [1.29, 1.82) is 0 Å². The van der Waals surface area contributed by atoms with E-state index in [4.69, 9.17) is 0 Å². The molecule has 0 atom stereocenters. The maximum Gasteiger partial charge on any atom is 0.101 e. The van der Waals surface area contributed by atoms with Crippen molar-refractivity contribution in [2.24, 2.45) is 0 Å². The zero-order chi connectivity index (χ0) is 4.99. The fourth-order valence-electron chi connectivity index (χ4n) is 0.279. The van der Waals surface area contributed by atoms with E-state index in [0.29, 0.717) is 5.41 Å². The molecule has 0 unspecified atom stereocenters. The average molecular weight is 101 g/mol. The predicted octanol–water partition coefficient (Wildman–Crippen LogP) is -0.0538. The second-order valence-electron chi connectivity index (χ2n) is 1.29. The molecule has 1 radical (unpaired) electrons. The van der Waals surface area contributed by atoms with Gasteiger partial charge in [-0.05, 0) is 6.42 Å². The molecule has 0 saturated carbocycles. The third kappa shape index (κ3) is 3.89. The Kier molecular flexibility index (Phi) is 3.03. The largest absolute Gasteiger partial charge is 0.307 e. The van der Waals surface area contributed by atoms with Crippen LogP contribution in [0.5, 0.6) is 0 Å². The highest BCUT2D eigenvalue weighted by molar-refractivity contribution is 6.57. The van der Waals surface area contributed by atoms with Crippen molar-refractivity contribution in [3.8, 4) is 0 Å². The summed E-state index contributed by atoms with van der Waals surface area (Å²) >= 11 is 0. The fourth-order valence-corrected chi connectivity index (χ4v) is 0.632. The van der Waals surface area contributed by atoms with Crippen LogP contribution in [0.25, 0.3) is 0 Å². The molecule has 2 heteroatoms. The standard InChI is InChI=1S/C4H9OSi/c1-2-3-4(5)6/h2-3,6H2,1H3. The SMILES string of the molecule is CCCC(=O)[SiH2]. The summed E-state index contributed by atoms with van der Waals surface area (Å²) in [5.74, 6) is 0. The number of hydrogen-bond acceptors (Lipinski definition) is 1. The Morgan fingerprint density at radius 3 is 2.33 bits per heavy atom. The Balaban J connectivity index is 2.83. The van der Waals surface area contributed by atoms with Crippen LogP contribution in [0.15, 0.2) is 0 Å². The van der Waals surface area contributed by atoms with Crippen molar-refractivity contribution in [2.75, 3.05) is 0 Å². The molecular weight excluding hydrogens is 92.1 g/mol. The Morgan fingerprint density at radius 1 is 1.83 bits per heavy atom. The lowest BCUT2D eigenvalue weighted by Gasteiger charge is -1.80. The molecule has 0 aliphatic heterocycles. The molecule has 0 aliphatic carbocycles. The fraction of sp³-hybridized carbons (Fsp3) is 0.750. The first-order valence-corrected chi connectivity index (χ1v) is 2.83. The summed E-state index contributed by atoms with van der Waals surface area (Å²) in [7, 11) is 1.44. The van der Waals surface area contributed by atoms with E-state index in [1.54, 1.807) is 0 Å². The molecular formula is C4H9OSi. The van der Waals surface area contributed by atoms with Crippen LogP contribution in [0.3, 0.4) is 0 Å². The second kappa shape index (κ2) is 3.09. The van der Waals surface area contributed by atoms with E-state index in [0.717, 1.165) is 12.8 Å². The molecule has 0 aromatic heterocycles. The van der Waals surface area contributed by atoms with Crippen LogP contribution in [0, 0.1) is 0 Å². The molecule has 0 aromatic carbocycles. The van der Waals surface area contributed by atoms with E-state index < -0.39 is 0 Å². The van der Waals surface area contributed by atoms with Gasteiger partial charge in [-0.25, -0.2) is 0 Å². The average Bonchev–Trinajstić information content (AvgIpc) is 1.35. The van der Waals surface area contributed by atoms with Crippen molar-refractivity contribution in [2.45, 2.75) is 19.8 Å². The maximum atomic E-state index is 10.1. The van der Waals surface area contributed by atoms with Gasteiger partial charge in [0, 0.05) is 6.42 Å². The zero-order valence-electron chi connectivity index (χ0n) is 4.03. The maximum absolute atomic E-state index is 10.1. The van der Waals surface area contributed by atoms with E-state index in [2.05, 4.69) is 0 Å². The predicted molar refractivity (Wildman–Crippen MR) is 28.5 cm³/mol. The summed E-state index contributed by atoms with van der Waals surface area (Å²) in [5, 5.41) is 0.317. The third-order valence-corrected chi connectivity index (χ3v) is 0.882. The van der Waals surface area contributed by atoms with Gasteiger partial charge in [-0.2, -0.15) is 0 Å². The van der Waals surface area contributed by atoms with Gasteiger partial charge in [-0.3, -0.25) is 0 Å². The van der Waals surface area contributed by atoms with Crippen LogP contribution in [0.2, 0.25) is 0 Å². The minimum Gasteiger partial charge on any atom is -0.307 e. The summed E-state index contributed by atoms with van der Waals surface area (Å²) in [6.07, 6.45) is 1.74. The van der Waals surface area contributed by atoms with Gasteiger partial charge in [0.05, 0.1) is 10.2 Å². The van der Waals surface area contributed by atoms with E-state index in [1.165, 1.54) is 10.2 Å². The van der Waals surface area contributed by atoms with Crippen LogP contribution in [0.1, 0.15) is 19.8 Å². The molecule has 0 saturated heterocycles. The monoisotopic (exact) mass is 101 g/mol. The van der Waals surface area contributed by atoms with Gasteiger partial charge in [-0.15, -0.1) is 0 Å².